The van der Waals surface area contributed by atoms with Crippen LogP contribution in [-0.2, 0) is 39.3 Å². The number of hydrogen-bond donors (Lipinski definition) is 2. The maximum Gasteiger partial charge on any atom is 1.00 e. The summed E-state index contributed by atoms with van der Waals surface area (Å²) >= 11 is 0. The number of hydrogen-bond acceptors (Lipinski definition) is 10. The molecular formula is C24H22N4NaO8S4+. The fourth-order valence-electron chi connectivity index (χ4n) is 4.17. The Balaban J connectivity index is 0.00000387. The Bertz CT molecular complexity index is 2140. The number of fused-ring (bicyclic) bond motifs is 2. The van der Waals surface area contributed by atoms with Gasteiger partial charge < -0.3 is 9.97 Å². The molecule has 5 rings (SSSR count). The molecule has 0 aliphatic heterocycles. The summed E-state index contributed by atoms with van der Waals surface area (Å²) in [5.41, 5.74) is 1.76. The molecule has 2 heterocycles. The van der Waals surface area contributed by atoms with Crippen LogP contribution in [0.15, 0.2) is 68.1 Å². The van der Waals surface area contributed by atoms with Crippen molar-refractivity contribution in [3.8, 4) is 22.8 Å². The largest absolute Gasteiger partial charge is 1.00 e. The van der Waals surface area contributed by atoms with Crippen LogP contribution in [-0.4, -0.2) is 78.6 Å². The Labute approximate surface area is 258 Å². The Morgan fingerprint density at radius 2 is 0.829 bits per heavy atom. The second-order valence-electron chi connectivity index (χ2n) is 9.47. The first-order valence-corrected chi connectivity index (χ1v) is 18.9. The summed E-state index contributed by atoms with van der Waals surface area (Å²) in [6.45, 7) is 0. The molecule has 12 nitrogen and oxygen atoms in total. The summed E-state index contributed by atoms with van der Waals surface area (Å²) in [7, 11) is -15.0. The Morgan fingerprint density at radius 3 is 1.10 bits per heavy atom. The molecule has 2 aromatic heterocycles. The van der Waals surface area contributed by atoms with E-state index in [9.17, 15) is 33.7 Å². The minimum Gasteiger partial charge on any atom is -0.338 e. The SMILES string of the molecule is CS(=O)(=O)c1cc(S(C)(=O)=O)c2nc(-c3ccc(-c4nc5c(S(C)(=O)=O)cc(S(C)(=O)=O)cc5[nH]4)cc3)[nH]c2c1.[Na+]. The Hall–Kier alpha value is -2.60. The topological polar surface area (TPSA) is 194 Å². The van der Waals surface area contributed by atoms with Gasteiger partial charge in [0.15, 0.2) is 39.3 Å². The van der Waals surface area contributed by atoms with Gasteiger partial charge in [0, 0.05) is 36.1 Å². The first-order valence-electron chi connectivity index (χ1n) is 11.3. The van der Waals surface area contributed by atoms with Crippen LogP contribution in [0.1, 0.15) is 0 Å². The predicted molar refractivity (Wildman–Crippen MR) is 149 cm³/mol. The van der Waals surface area contributed by atoms with Crippen LogP contribution in [0, 0.1) is 0 Å². The number of nitrogens with one attached hydrogen (secondary N) is 2. The number of H-pyrrole nitrogens is 2. The molecule has 0 saturated carbocycles. The van der Waals surface area contributed by atoms with Gasteiger partial charge in [-0.1, -0.05) is 24.3 Å². The third kappa shape index (κ3) is 6.14. The monoisotopic (exact) mass is 645 g/mol. The molecule has 2 N–H and O–H groups in total. The summed E-state index contributed by atoms with van der Waals surface area (Å²) in [5.74, 6) is 0.581. The molecule has 0 saturated heterocycles. The average Bonchev–Trinajstić information content (AvgIpc) is 3.44. The molecule has 0 bridgehead atoms. The molecule has 0 radical (unpaired) electrons. The van der Waals surface area contributed by atoms with Gasteiger partial charge in [0.05, 0.1) is 30.6 Å². The van der Waals surface area contributed by atoms with Crippen LogP contribution in [0.2, 0.25) is 0 Å². The van der Waals surface area contributed by atoms with Crippen LogP contribution in [0.5, 0.6) is 0 Å². The average molecular weight is 646 g/mol. The summed E-state index contributed by atoms with van der Waals surface area (Å²) in [4.78, 5) is 14.0. The third-order valence-corrected chi connectivity index (χ3v) is 10.5. The van der Waals surface area contributed by atoms with Gasteiger partial charge in [-0.05, 0) is 24.3 Å². The normalized spacial score (nSPS) is 13.0. The van der Waals surface area contributed by atoms with Gasteiger partial charge in [0.1, 0.15) is 22.7 Å². The van der Waals surface area contributed by atoms with Gasteiger partial charge in [-0.15, -0.1) is 0 Å². The molecule has 210 valence electrons. The van der Waals surface area contributed by atoms with E-state index in [1.807, 2.05) is 0 Å². The standard InChI is InChI=1S/C24H22N4O8S4.Na/c1-37(29,30)15-9-17-21(19(11-15)39(3,33)34)27-23(25-17)13-5-7-14(8-6-13)24-26-18-10-16(38(2,31)32)12-20(22(18)28-24)40(4,35)36;/h5-12H,1-4H3,(H,25,27)(H,26,28);/q;+1. The van der Waals surface area contributed by atoms with E-state index in [-0.39, 0.29) is 71.2 Å². The number of sulfone groups is 4. The molecule has 0 aliphatic carbocycles. The predicted octanol–water partition coefficient (Wildman–Crippen LogP) is -0.609. The third-order valence-electron chi connectivity index (χ3n) is 6.14. The quantitative estimate of drug-likeness (QED) is 0.225. The summed E-state index contributed by atoms with van der Waals surface area (Å²) in [6, 6.07) is 11.5. The number of nitrogens with zero attached hydrogens (tertiary/aromatic N) is 2. The molecule has 41 heavy (non-hydrogen) atoms. The van der Waals surface area contributed by atoms with Crippen LogP contribution < -0.4 is 29.6 Å². The molecule has 17 heteroatoms. The van der Waals surface area contributed by atoms with Crippen molar-refractivity contribution in [1.29, 1.82) is 0 Å². The van der Waals surface area contributed by atoms with Crippen molar-refractivity contribution in [2.75, 3.05) is 25.0 Å². The van der Waals surface area contributed by atoms with Gasteiger partial charge in [0.2, 0.25) is 0 Å². The first kappa shape index (κ1) is 31.3. The zero-order valence-electron chi connectivity index (χ0n) is 22.4. The maximum atomic E-state index is 12.4. The van der Waals surface area contributed by atoms with E-state index in [0.29, 0.717) is 22.8 Å². The van der Waals surface area contributed by atoms with Gasteiger partial charge in [-0.25, -0.2) is 43.6 Å². The smallest absolute Gasteiger partial charge is 0.338 e. The van der Waals surface area contributed by atoms with Crippen LogP contribution in [0.4, 0.5) is 0 Å². The second-order valence-corrected chi connectivity index (χ2v) is 17.5. The number of benzene rings is 3. The van der Waals surface area contributed by atoms with E-state index in [2.05, 4.69) is 19.9 Å². The maximum absolute atomic E-state index is 12.4. The summed E-state index contributed by atoms with van der Waals surface area (Å²) in [5, 5.41) is 0. The van der Waals surface area contributed by atoms with Crippen molar-refractivity contribution in [2.24, 2.45) is 0 Å². The molecule has 0 aliphatic rings. The molecule has 0 amide bonds. The van der Waals surface area contributed by atoms with Crippen LogP contribution in [0.3, 0.4) is 0 Å². The number of imidazole rings is 2. The van der Waals surface area contributed by atoms with E-state index < -0.39 is 39.3 Å². The molecule has 3 aromatic carbocycles. The van der Waals surface area contributed by atoms with Gasteiger partial charge >= 0.3 is 29.6 Å². The Morgan fingerprint density at radius 1 is 0.512 bits per heavy atom. The van der Waals surface area contributed by atoms with E-state index in [1.54, 1.807) is 24.3 Å². The summed E-state index contributed by atoms with van der Waals surface area (Å²) in [6.07, 6.45) is 3.90. The minimum atomic E-state index is -3.80. The fourth-order valence-corrected chi connectivity index (χ4v) is 7.35. The first-order chi connectivity index (χ1) is 18.3. The molecule has 0 unspecified atom stereocenters. The molecule has 0 atom stereocenters. The second kappa shape index (κ2) is 10.3. The summed E-state index contributed by atoms with van der Waals surface area (Å²) < 4.78 is 98.0. The zero-order valence-corrected chi connectivity index (χ0v) is 27.7. The van der Waals surface area contributed by atoms with Crippen LogP contribution in [0.25, 0.3) is 44.8 Å². The molecule has 5 aromatic rings. The Kier molecular flexibility index (Phi) is 7.86. The van der Waals surface area contributed by atoms with Gasteiger partial charge in [0.25, 0.3) is 0 Å². The van der Waals surface area contributed by atoms with E-state index in [4.69, 9.17) is 0 Å². The number of rotatable bonds is 6. The molecule has 0 spiro atoms. The fraction of sp³-hybridized carbons (Fsp3) is 0.167. The van der Waals surface area contributed by atoms with Crippen molar-refractivity contribution in [3.05, 3.63) is 48.5 Å². The molecular weight excluding hydrogens is 624 g/mol. The minimum absolute atomic E-state index is 0. The zero-order chi connectivity index (χ0) is 29.4. The van der Waals surface area contributed by atoms with Gasteiger partial charge in [-0.2, -0.15) is 0 Å². The van der Waals surface area contributed by atoms with E-state index in [1.165, 1.54) is 12.1 Å². The van der Waals surface area contributed by atoms with Crippen molar-refractivity contribution in [2.45, 2.75) is 19.6 Å². The van der Waals surface area contributed by atoms with Gasteiger partial charge in [-0.3, -0.25) is 0 Å². The number of aromatic amines is 2. The van der Waals surface area contributed by atoms with Crippen molar-refractivity contribution >= 4 is 61.4 Å². The molecule has 0 fully saturated rings. The van der Waals surface area contributed by atoms with Crippen LogP contribution >= 0.6 is 0 Å². The van der Waals surface area contributed by atoms with Crippen molar-refractivity contribution in [1.82, 2.24) is 19.9 Å². The van der Waals surface area contributed by atoms with E-state index >= 15 is 0 Å². The van der Waals surface area contributed by atoms with Crippen molar-refractivity contribution < 1.29 is 63.2 Å². The van der Waals surface area contributed by atoms with E-state index in [0.717, 1.165) is 37.2 Å². The van der Waals surface area contributed by atoms with Crippen molar-refractivity contribution in [3.63, 3.8) is 0 Å². The number of aromatic nitrogens is 4.